The van der Waals surface area contributed by atoms with Crippen LogP contribution in [-0.4, -0.2) is 25.4 Å². The van der Waals surface area contributed by atoms with E-state index in [0.717, 1.165) is 10.1 Å². The summed E-state index contributed by atoms with van der Waals surface area (Å²) in [5.41, 5.74) is 5.76. The highest BCUT2D eigenvalue weighted by atomic mass is 32.1. The first-order valence-corrected chi connectivity index (χ1v) is 7.44. The second-order valence-corrected chi connectivity index (χ2v) is 6.64. The Balaban J connectivity index is 2.10. The third kappa shape index (κ3) is 3.33. The molecule has 6 heteroatoms. The molecule has 0 radical (unpaired) electrons. The van der Waals surface area contributed by atoms with Gasteiger partial charge in [-0.2, -0.15) is 0 Å². The van der Waals surface area contributed by atoms with E-state index < -0.39 is 5.41 Å². The van der Waals surface area contributed by atoms with Gasteiger partial charge in [-0.25, -0.2) is 0 Å². The van der Waals surface area contributed by atoms with Crippen molar-refractivity contribution in [2.24, 2.45) is 5.41 Å². The molecule has 0 aliphatic heterocycles. The molecule has 2 amide bonds. The zero-order valence-corrected chi connectivity index (χ0v) is 13.1. The zero-order valence-electron chi connectivity index (χ0n) is 12.3. The van der Waals surface area contributed by atoms with Crippen molar-refractivity contribution in [3.8, 4) is 0 Å². The molecule has 112 valence electrons. The van der Waals surface area contributed by atoms with Crippen LogP contribution in [0.3, 0.4) is 0 Å². The maximum Gasteiger partial charge on any atom is 0.261 e. The van der Waals surface area contributed by atoms with Gasteiger partial charge in [0.05, 0.1) is 10.3 Å². The Morgan fingerprint density at radius 3 is 2.67 bits per heavy atom. The number of benzene rings is 1. The van der Waals surface area contributed by atoms with E-state index in [4.69, 9.17) is 5.73 Å². The smallest absolute Gasteiger partial charge is 0.261 e. The molecule has 0 spiro atoms. The summed E-state index contributed by atoms with van der Waals surface area (Å²) >= 11 is 1.41. The monoisotopic (exact) mass is 305 g/mol. The average Bonchev–Trinajstić information content (AvgIpc) is 2.86. The lowest BCUT2D eigenvalue weighted by molar-refractivity contribution is -0.128. The maximum atomic E-state index is 12.2. The van der Waals surface area contributed by atoms with Gasteiger partial charge in [0.2, 0.25) is 5.91 Å². The van der Waals surface area contributed by atoms with Crippen molar-refractivity contribution in [1.29, 1.82) is 0 Å². The van der Waals surface area contributed by atoms with E-state index in [1.165, 1.54) is 11.3 Å². The third-order valence-electron chi connectivity index (χ3n) is 3.30. The molecule has 0 saturated heterocycles. The number of rotatable bonds is 4. The zero-order chi connectivity index (χ0) is 15.6. The number of fused-ring (bicyclic) bond motifs is 1. The minimum absolute atomic E-state index is 0.105. The van der Waals surface area contributed by atoms with Crippen LogP contribution in [-0.2, 0) is 4.79 Å². The number of amides is 2. The molecule has 0 bridgehead atoms. The number of carbonyl (C=O) groups is 2. The van der Waals surface area contributed by atoms with Crippen LogP contribution < -0.4 is 16.4 Å². The lowest BCUT2D eigenvalue weighted by Crippen LogP contribution is -2.43. The Morgan fingerprint density at radius 2 is 2.00 bits per heavy atom. The molecule has 0 aliphatic carbocycles. The lowest BCUT2D eigenvalue weighted by Gasteiger charge is -2.22. The standard InChI is InChI=1S/C15H19N3O2S/c1-15(2,14(20)17-3)8-18-13(19)12-7-9-6-10(16)4-5-11(9)21-12/h4-7H,8,16H2,1-3H3,(H,17,20)(H,18,19). The molecule has 1 aromatic carbocycles. The molecule has 4 N–H and O–H groups in total. The number of thiophene rings is 1. The van der Waals surface area contributed by atoms with Crippen LogP contribution in [0.5, 0.6) is 0 Å². The van der Waals surface area contributed by atoms with Gasteiger partial charge in [-0.05, 0) is 43.5 Å². The Hall–Kier alpha value is -2.08. The third-order valence-corrected chi connectivity index (χ3v) is 4.41. The molecule has 1 aromatic heterocycles. The summed E-state index contributed by atoms with van der Waals surface area (Å²) in [5.74, 6) is -0.279. The van der Waals surface area contributed by atoms with Crippen LogP contribution in [0, 0.1) is 5.41 Å². The van der Waals surface area contributed by atoms with Crippen LogP contribution in [0.2, 0.25) is 0 Å². The van der Waals surface area contributed by atoms with E-state index in [2.05, 4.69) is 10.6 Å². The van der Waals surface area contributed by atoms with Crippen LogP contribution in [0.1, 0.15) is 23.5 Å². The molecule has 2 rings (SSSR count). The van der Waals surface area contributed by atoms with Gasteiger partial charge in [-0.1, -0.05) is 0 Å². The largest absolute Gasteiger partial charge is 0.399 e. The van der Waals surface area contributed by atoms with Crippen LogP contribution in [0.4, 0.5) is 5.69 Å². The first kappa shape index (κ1) is 15.3. The van der Waals surface area contributed by atoms with E-state index >= 15 is 0 Å². The van der Waals surface area contributed by atoms with Crippen molar-refractivity contribution in [1.82, 2.24) is 10.6 Å². The van der Waals surface area contributed by atoms with E-state index in [-0.39, 0.29) is 18.4 Å². The average molecular weight is 305 g/mol. The second-order valence-electron chi connectivity index (χ2n) is 5.55. The fourth-order valence-corrected chi connectivity index (χ4v) is 2.94. The van der Waals surface area contributed by atoms with Crippen molar-refractivity contribution in [2.45, 2.75) is 13.8 Å². The van der Waals surface area contributed by atoms with Crippen molar-refractivity contribution >= 4 is 38.9 Å². The normalized spacial score (nSPS) is 11.4. The van der Waals surface area contributed by atoms with E-state index in [1.807, 2.05) is 24.3 Å². The van der Waals surface area contributed by atoms with Crippen LogP contribution in [0.25, 0.3) is 10.1 Å². The van der Waals surface area contributed by atoms with Gasteiger partial charge in [0, 0.05) is 24.0 Å². The molecule has 0 aliphatic rings. The van der Waals surface area contributed by atoms with Crippen LogP contribution >= 0.6 is 11.3 Å². The molecule has 0 saturated carbocycles. The number of hydrogen-bond acceptors (Lipinski definition) is 4. The summed E-state index contributed by atoms with van der Waals surface area (Å²) < 4.78 is 1.01. The number of carbonyl (C=O) groups excluding carboxylic acids is 2. The topological polar surface area (TPSA) is 84.2 Å². The lowest BCUT2D eigenvalue weighted by atomic mass is 9.92. The van der Waals surface area contributed by atoms with Crippen molar-refractivity contribution in [3.63, 3.8) is 0 Å². The highest BCUT2D eigenvalue weighted by Gasteiger charge is 2.27. The number of nitrogens with one attached hydrogen (secondary N) is 2. The molecule has 21 heavy (non-hydrogen) atoms. The highest BCUT2D eigenvalue weighted by molar-refractivity contribution is 7.20. The van der Waals surface area contributed by atoms with E-state index in [0.29, 0.717) is 10.6 Å². The first-order valence-electron chi connectivity index (χ1n) is 6.63. The van der Waals surface area contributed by atoms with Gasteiger partial charge < -0.3 is 16.4 Å². The van der Waals surface area contributed by atoms with Crippen molar-refractivity contribution < 1.29 is 9.59 Å². The summed E-state index contributed by atoms with van der Waals surface area (Å²) in [6.45, 7) is 3.86. The quantitative estimate of drug-likeness (QED) is 0.755. The second kappa shape index (κ2) is 5.73. The van der Waals surface area contributed by atoms with E-state index in [1.54, 1.807) is 20.9 Å². The Morgan fingerprint density at radius 1 is 1.29 bits per heavy atom. The highest BCUT2D eigenvalue weighted by Crippen LogP contribution is 2.27. The molecule has 5 nitrogen and oxygen atoms in total. The number of nitrogens with two attached hydrogens (primary N) is 1. The van der Waals surface area contributed by atoms with Gasteiger partial charge >= 0.3 is 0 Å². The SMILES string of the molecule is CNC(=O)C(C)(C)CNC(=O)c1cc2cc(N)ccc2s1. The molecule has 2 aromatic rings. The maximum absolute atomic E-state index is 12.2. The molecule has 0 atom stereocenters. The predicted octanol–water partition coefficient (Wildman–Crippen LogP) is 1.99. The molecule has 0 fully saturated rings. The molecular weight excluding hydrogens is 286 g/mol. The van der Waals surface area contributed by atoms with Crippen molar-refractivity contribution in [3.05, 3.63) is 29.1 Å². The minimum Gasteiger partial charge on any atom is -0.399 e. The van der Waals surface area contributed by atoms with E-state index in [9.17, 15) is 9.59 Å². The number of nitrogen functional groups attached to an aromatic ring is 1. The van der Waals surface area contributed by atoms with Gasteiger partial charge in [-0.15, -0.1) is 11.3 Å². The van der Waals surface area contributed by atoms with Gasteiger partial charge in [0.25, 0.3) is 5.91 Å². The predicted molar refractivity (Wildman–Crippen MR) is 86.4 cm³/mol. The van der Waals surface area contributed by atoms with Gasteiger partial charge in [-0.3, -0.25) is 9.59 Å². The van der Waals surface area contributed by atoms with Crippen LogP contribution in [0.15, 0.2) is 24.3 Å². The minimum atomic E-state index is -0.647. The summed E-state index contributed by atoms with van der Waals surface area (Å²) in [5, 5.41) is 6.36. The number of hydrogen-bond donors (Lipinski definition) is 3. The summed E-state index contributed by atoms with van der Waals surface area (Å²) in [7, 11) is 1.59. The fraction of sp³-hybridized carbons (Fsp3) is 0.333. The Kier molecular flexibility index (Phi) is 4.18. The van der Waals surface area contributed by atoms with Crippen molar-refractivity contribution in [2.75, 3.05) is 19.3 Å². The molecule has 1 heterocycles. The summed E-state index contributed by atoms with van der Waals surface area (Å²) in [6.07, 6.45) is 0. The fourth-order valence-electron chi connectivity index (χ4n) is 1.98. The van der Waals surface area contributed by atoms with Gasteiger partial charge in [0.1, 0.15) is 0 Å². The molecular formula is C15H19N3O2S. The summed E-state index contributed by atoms with van der Waals surface area (Å²) in [4.78, 5) is 24.5. The van der Waals surface area contributed by atoms with Gasteiger partial charge in [0.15, 0.2) is 0 Å². The summed E-state index contributed by atoms with van der Waals surface area (Å²) in [6, 6.07) is 7.38. The Bertz CT molecular complexity index is 691. The first-order chi connectivity index (χ1) is 9.83. The number of anilines is 1. The Labute approximate surface area is 127 Å². The molecule has 0 unspecified atom stereocenters.